The Bertz CT molecular complexity index is 544. The van der Waals surface area contributed by atoms with Crippen LogP contribution in [-0.2, 0) is 16.2 Å². The third-order valence-electron chi connectivity index (χ3n) is 2.68. The lowest BCUT2D eigenvalue weighted by Gasteiger charge is -2.17. The van der Waals surface area contributed by atoms with E-state index in [4.69, 9.17) is 5.73 Å². The molecule has 0 aliphatic carbocycles. The molecule has 0 aliphatic heterocycles. The van der Waals surface area contributed by atoms with E-state index in [-0.39, 0.29) is 0 Å². The fourth-order valence-electron chi connectivity index (χ4n) is 1.75. The van der Waals surface area contributed by atoms with Gasteiger partial charge in [0.05, 0.1) is 10.5 Å². The molecule has 0 saturated carbocycles. The molecule has 0 aromatic heterocycles. The molecule has 3 N–H and O–H groups in total. The second kappa shape index (κ2) is 6.55. The fourth-order valence-corrected chi connectivity index (χ4v) is 3.25. The van der Waals surface area contributed by atoms with Gasteiger partial charge >= 0.3 is 6.18 Å². The highest BCUT2D eigenvalue weighted by molar-refractivity contribution is 7.89. The minimum absolute atomic E-state index is 0.394. The quantitative estimate of drug-likeness (QED) is 0.845. The summed E-state index contributed by atoms with van der Waals surface area (Å²) in [5.74, 6) is 0. The van der Waals surface area contributed by atoms with Crippen LogP contribution in [0.25, 0.3) is 0 Å². The second-order valence-electron chi connectivity index (χ2n) is 4.45. The van der Waals surface area contributed by atoms with Gasteiger partial charge in [-0.3, -0.25) is 0 Å². The van der Waals surface area contributed by atoms with Crippen molar-refractivity contribution in [3.8, 4) is 0 Å². The third-order valence-corrected chi connectivity index (χ3v) is 4.33. The highest BCUT2D eigenvalue weighted by Gasteiger charge is 2.37. The van der Waals surface area contributed by atoms with Gasteiger partial charge in [0, 0.05) is 6.04 Å². The molecule has 0 spiro atoms. The summed E-state index contributed by atoms with van der Waals surface area (Å²) in [6.07, 6.45) is -3.67. The number of nitrogens with one attached hydrogen (secondary N) is 1. The van der Waals surface area contributed by atoms with Crippen LogP contribution in [0.15, 0.2) is 29.2 Å². The molecule has 1 unspecified atom stereocenters. The first-order chi connectivity index (χ1) is 9.18. The zero-order valence-corrected chi connectivity index (χ0v) is 11.8. The SMILES string of the molecule is CC(CCCN)NS(=O)(=O)c1ccccc1C(F)(F)F. The third kappa shape index (κ3) is 4.46. The number of rotatable bonds is 6. The van der Waals surface area contributed by atoms with E-state index in [0.29, 0.717) is 19.4 Å². The van der Waals surface area contributed by atoms with Crippen molar-refractivity contribution in [2.75, 3.05) is 6.54 Å². The summed E-state index contributed by atoms with van der Waals surface area (Å²) in [6, 6.07) is 3.62. The predicted molar refractivity (Wildman–Crippen MR) is 69.5 cm³/mol. The van der Waals surface area contributed by atoms with Crippen LogP contribution in [0.3, 0.4) is 0 Å². The van der Waals surface area contributed by atoms with Gasteiger partial charge in [-0.05, 0) is 38.4 Å². The molecule has 0 heterocycles. The Balaban J connectivity index is 3.05. The molecule has 1 aromatic rings. The van der Waals surface area contributed by atoms with E-state index in [1.165, 1.54) is 6.07 Å². The molecule has 0 saturated heterocycles. The van der Waals surface area contributed by atoms with Crippen LogP contribution < -0.4 is 10.5 Å². The largest absolute Gasteiger partial charge is 0.417 e. The van der Waals surface area contributed by atoms with Gasteiger partial charge in [0.15, 0.2) is 0 Å². The average Bonchev–Trinajstić information content (AvgIpc) is 2.35. The van der Waals surface area contributed by atoms with Gasteiger partial charge in [0.2, 0.25) is 10.0 Å². The second-order valence-corrected chi connectivity index (χ2v) is 6.13. The van der Waals surface area contributed by atoms with Crippen LogP contribution in [-0.4, -0.2) is 21.0 Å². The zero-order valence-electron chi connectivity index (χ0n) is 10.9. The number of sulfonamides is 1. The molecule has 0 amide bonds. The van der Waals surface area contributed by atoms with E-state index in [1.54, 1.807) is 6.92 Å². The number of nitrogens with two attached hydrogens (primary N) is 1. The lowest BCUT2D eigenvalue weighted by molar-refractivity contribution is -0.139. The van der Waals surface area contributed by atoms with Crippen molar-refractivity contribution in [2.24, 2.45) is 5.73 Å². The van der Waals surface area contributed by atoms with Crippen molar-refractivity contribution in [1.29, 1.82) is 0 Å². The number of halogens is 3. The summed E-state index contributed by atoms with van der Waals surface area (Å²) < 4.78 is 64.7. The maximum atomic E-state index is 12.8. The van der Waals surface area contributed by atoms with Crippen LogP contribution >= 0.6 is 0 Å². The number of alkyl halides is 3. The number of benzene rings is 1. The Morgan fingerprint density at radius 2 is 1.90 bits per heavy atom. The van der Waals surface area contributed by atoms with Crippen molar-refractivity contribution in [1.82, 2.24) is 4.72 Å². The van der Waals surface area contributed by atoms with Crippen molar-refractivity contribution in [2.45, 2.75) is 36.9 Å². The Morgan fingerprint density at radius 1 is 1.30 bits per heavy atom. The topological polar surface area (TPSA) is 72.2 Å². The molecule has 0 fully saturated rings. The molecule has 20 heavy (non-hydrogen) atoms. The van der Waals surface area contributed by atoms with Crippen molar-refractivity contribution >= 4 is 10.0 Å². The summed E-state index contributed by atoms with van der Waals surface area (Å²) in [5.41, 5.74) is 4.14. The molecule has 0 radical (unpaired) electrons. The van der Waals surface area contributed by atoms with Crippen molar-refractivity contribution in [3.05, 3.63) is 29.8 Å². The predicted octanol–water partition coefficient (Wildman–Crippen LogP) is 2.11. The molecule has 1 aromatic carbocycles. The Hall–Kier alpha value is -1.12. The van der Waals surface area contributed by atoms with Gasteiger partial charge in [0.25, 0.3) is 0 Å². The van der Waals surface area contributed by atoms with Crippen LogP contribution in [0, 0.1) is 0 Å². The van der Waals surface area contributed by atoms with Crippen molar-refractivity contribution < 1.29 is 21.6 Å². The van der Waals surface area contributed by atoms with Gasteiger partial charge in [-0.15, -0.1) is 0 Å². The first-order valence-electron chi connectivity index (χ1n) is 6.07. The smallest absolute Gasteiger partial charge is 0.330 e. The lowest BCUT2D eigenvalue weighted by atomic mass is 10.2. The van der Waals surface area contributed by atoms with E-state index < -0.39 is 32.7 Å². The monoisotopic (exact) mass is 310 g/mol. The molecule has 114 valence electrons. The Labute approximate surface area is 116 Å². The van der Waals surface area contributed by atoms with Crippen LogP contribution in [0.4, 0.5) is 13.2 Å². The molecule has 4 nitrogen and oxygen atoms in total. The molecule has 0 bridgehead atoms. The van der Waals surface area contributed by atoms with E-state index in [1.807, 2.05) is 0 Å². The molecule has 1 atom stereocenters. The fraction of sp³-hybridized carbons (Fsp3) is 0.500. The number of hydrogen-bond donors (Lipinski definition) is 2. The van der Waals surface area contributed by atoms with Crippen LogP contribution in [0.5, 0.6) is 0 Å². The molecular formula is C12H17F3N2O2S. The van der Waals surface area contributed by atoms with E-state index in [0.717, 1.165) is 18.2 Å². The molecular weight excluding hydrogens is 293 g/mol. The van der Waals surface area contributed by atoms with E-state index in [9.17, 15) is 21.6 Å². The Kier molecular flexibility index (Phi) is 5.55. The number of hydrogen-bond acceptors (Lipinski definition) is 3. The van der Waals surface area contributed by atoms with Gasteiger partial charge in [0.1, 0.15) is 0 Å². The first-order valence-corrected chi connectivity index (χ1v) is 7.55. The summed E-state index contributed by atoms with van der Waals surface area (Å²) in [4.78, 5) is -0.757. The van der Waals surface area contributed by atoms with Crippen LogP contribution in [0.1, 0.15) is 25.3 Å². The Morgan fingerprint density at radius 3 is 2.45 bits per heavy atom. The molecule has 0 aliphatic rings. The highest BCUT2D eigenvalue weighted by atomic mass is 32.2. The highest BCUT2D eigenvalue weighted by Crippen LogP contribution is 2.33. The van der Waals surface area contributed by atoms with E-state index in [2.05, 4.69) is 4.72 Å². The van der Waals surface area contributed by atoms with Crippen LogP contribution in [0.2, 0.25) is 0 Å². The normalized spacial score (nSPS) is 14.2. The summed E-state index contributed by atoms with van der Waals surface area (Å²) >= 11 is 0. The lowest BCUT2D eigenvalue weighted by Crippen LogP contribution is -2.34. The van der Waals surface area contributed by atoms with Gasteiger partial charge < -0.3 is 5.73 Å². The standard InChI is InChI=1S/C12H17F3N2O2S/c1-9(5-4-8-16)17-20(18,19)11-7-3-2-6-10(11)12(13,14)15/h2-3,6-7,9,17H,4-5,8,16H2,1H3. The molecule has 8 heteroatoms. The minimum Gasteiger partial charge on any atom is -0.330 e. The first kappa shape index (κ1) is 16.9. The molecule has 1 rings (SSSR count). The zero-order chi connectivity index (χ0) is 15.4. The van der Waals surface area contributed by atoms with Crippen molar-refractivity contribution in [3.63, 3.8) is 0 Å². The summed E-state index contributed by atoms with van der Waals surface area (Å²) in [6.45, 7) is 1.98. The maximum Gasteiger partial charge on any atom is 0.417 e. The average molecular weight is 310 g/mol. The van der Waals surface area contributed by atoms with Gasteiger partial charge in [-0.25, -0.2) is 13.1 Å². The van der Waals surface area contributed by atoms with Gasteiger partial charge in [-0.2, -0.15) is 13.2 Å². The van der Waals surface area contributed by atoms with E-state index >= 15 is 0 Å². The summed E-state index contributed by atoms with van der Waals surface area (Å²) in [7, 11) is -4.21. The van der Waals surface area contributed by atoms with Gasteiger partial charge in [-0.1, -0.05) is 12.1 Å². The summed E-state index contributed by atoms with van der Waals surface area (Å²) in [5, 5.41) is 0. The maximum absolute atomic E-state index is 12.8. The minimum atomic E-state index is -4.72.